The summed E-state index contributed by atoms with van der Waals surface area (Å²) < 4.78 is 5.78. The molecule has 3 nitrogen and oxygen atoms in total. The van der Waals surface area contributed by atoms with Crippen molar-refractivity contribution >= 4 is 17.3 Å². The van der Waals surface area contributed by atoms with Crippen molar-refractivity contribution in [1.29, 1.82) is 0 Å². The zero-order valence-electron chi connectivity index (χ0n) is 11.3. The molecule has 0 saturated carbocycles. The van der Waals surface area contributed by atoms with E-state index in [2.05, 4.69) is 18.8 Å². The molecular weight excluding hydrogens is 260 g/mol. The van der Waals surface area contributed by atoms with Gasteiger partial charge in [-0.25, -0.2) is 4.98 Å². The molecule has 19 heavy (non-hydrogen) atoms. The first-order valence-electron chi connectivity index (χ1n) is 6.17. The van der Waals surface area contributed by atoms with Crippen molar-refractivity contribution in [2.45, 2.75) is 26.7 Å². The molecule has 100 valence electrons. The second-order valence-electron chi connectivity index (χ2n) is 4.83. The van der Waals surface area contributed by atoms with Crippen LogP contribution in [0, 0.1) is 6.92 Å². The smallest absolute Gasteiger partial charge is 0.219 e. The Morgan fingerprint density at radius 1 is 1.26 bits per heavy atom. The summed E-state index contributed by atoms with van der Waals surface area (Å²) >= 11 is 6.23. The number of rotatable bonds is 3. The minimum atomic E-state index is 0.342. The summed E-state index contributed by atoms with van der Waals surface area (Å²) in [6, 6.07) is 7.40. The Hall–Kier alpha value is -1.74. The zero-order valence-corrected chi connectivity index (χ0v) is 12.0. The number of nitrogens with zero attached hydrogens (tertiary/aromatic N) is 1. The third-order valence-electron chi connectivity index (χ3n) is 2.89. The van der Waals surface area contributed by atoms with E-state index in [4.69, 9.17) is 22.1 Å². The van der Waals surface area contributed by atoms with Gasteiger partial charge in [0.1, 0.15) is 5.75 Å². The predicted octanol–water partition coefficient (Wildman–Crippen LogP) is 4.54. The van der Waals surface area contributed by atoms with E-state index in [-0.39, 0.29) is 0 Å². The highest BCUT2D eigenvalue weighted by Crippen LogP contribution is 2.33. The van der Waals surface area contributed by atoms with Crippen LogP contribution in [0.1, 0.15) is 30.9 Å². The molecule has 4 heteroatoms. The fraction of sp³-hybridized carbons (Fsp3) is 0.267. The lowest BCUT2D eigenvalue weighted by molar-refractivity contribution is 0.458. The van der Waals surface area contributed by atoms with E-state index < -0.39 is 0 Å². The Kier molecular flexibility index (Phi) is 3.96. The molecule has 0 unspecified atom stereocenters. The van der Waals surface area contributed by atoms with Gasteiger partial charge in [0.25, 0.3) is 0 Å². The molecule has 0 amide bonds. The summed E-state index contributed by atoms with van der Waals surface area (Å²) in [5.41, 5.74) is 8.26. The van der Waals surface area contributed by atoms with Crippen molar-refractivity contribution in [3.8, 4) is 11.6 Å². The highest BCUT2D eigenvalue weighted by atomic mass is 35.5. The Bertz CT molecular complexity index is 579. The van der Waals surface area contributed by atoms with E-state index in [1.165, 1.54) is 0 Å². The zero-order chi connectivity index (χ0) is 14.0. The Morgan fingerprint density at radius 3 is 2.58 bits per heavy atom. The minimum absolute atomic E-state index is 0.342. The second kappa shape index (κ2) is 5.49. The van der Waals surface area contributed by atoms with E-state index in [1.807, 2.05) is 19.1 Å². The molecule has 1 aromatic heterocycles. The van der Waals surface area contributed by atoms with Crippen molar-refractivity contribution in [2.75, 3.05) is 5.73 Å². The molecule has 0 bridgehead atoms. The molecule has 2 aromatic rings. The number of pyridine rings is 1. The normalized spacial score (nSPS) is 10.8. The Labute approximate surface area is 118 Å². The van der Waals surface area contributed by atoms with E-state index in [0.29, 0.717) is 17.5 Å². The van der Waals surface area contributed by atoms with Crippen LogP contribution in [0.15, 0.2) is 30.5 Å². The molecule has 0 aliphatic heterocycles. The lowest BCUT2D eigenvalue weighted by Crippen LogP contribution is -1.95. The molecule has 0 aliphatic rings. The number of nitrogen functional groups attached to an aromatic ring is 1. The molecule has 0 fully saturated rings. The monoisotopic (exact) mass is 276 g/mol. The standard InChI is InChI=1S/C15H17ClN2O/c1-9(2)12-7-14(10(3)6-13(12)16)19-15-5-4-11(17)8-18-15/h4-9H,17H2,1-3H3. The SMILES string of the molecule is Cc1cc(Cl)c(C(C)C)cc1Oc1ccc(N)cn1. The van der Waals surface area contributed by atoms with Gasteiger partial charge in [-0.1, -0.05) is 25.4 Å². The van der Waals surface area contributed by atoms with Crippen LogP contribution in [-0.4, -0.2) is 4.98 Å². The third kappa shape index (κ3) is 3.18. The summed E-state index contributed by atoms with van der Waals surface area (Å²) in [6.07, 6.45) is 1.57. The van der Waals surface area contributed by atoms with E-state index in [1.54, 1.807) is 18.3 Å². The largest absolute Gasteiger partial charge is 0.439 e. The van der Waals surface area contributed by atoms with Gasteiger partial charge in [0.2, 0.25) is 5.88 Å². The fourth-order valence-corrected chi connectivity index (χ4v) is 2.22. The molecule has 0 aliphatic carbocycles. The number of aryl methyl sites for hydroxylation is 1. The van der Waals surface area contributed by atoms with Gasteiger partial charge in [-0.05, 0) is 42.2 Å². The minimum Gasteiger partial charge on any atom is -0.439 e. The number of hydrogen-bond donors (Lipinski definition) is 1. The Balaban J connectivity index is 2.34. The van der Waals surface area contributed by atoms with Crippen molar-refractivity contribution in [3.05, 3.63) is 46.6 Å². The molecule has 0 atom stereocenters. The summed E-state index contributed by atoms with van der Waals surface area (Å²) in [7, 11) is 0. The van der Waals surface area contributed by atoms with Gasteiger partial charge in [-0.15, -0.1) is 0 Å². The van der Waals surface area contributed by atoms with Crippen LogP contribution in [0.3, 0.4) is 0 Å². The van der Waals surface area contributed by atoms with Crippen LogP contribution >= 0.6 is 11.6 Å². The van der Waals surface area contributed by atoms with Gasteiger partial charge in [-0.2, -0.15) is 0 Å². The first-order valence-corrected chi connectivity index (χ1v) is 6.54. The molecular formula is C15H17ClN2O. The first kappa shape index (κ1) is 13.7. The molecule has 0 radical (unpaired) electrons. The lowest BCUT2D eigenvalue weighted by atomic mass is 10.0. The highest BCUT2D eigenvalue weighted by Gasteiger charge is 2.11. The topological polar surface area (TPSA) is 48.1 Å². The third-order valence-corrected chi connectivity index (χ3v) is 3.22. The van der Waals surface area contributed by atoms with Crippen molar-refractivity contribution < 1.29 is 4.74 Å². The van der Waals surface area contributed by atoms with Crippen LogP contribution < -0.4 is 10.5 Å². The van der Waals surface area contributed by atoms with E-state index in [9.17, 15) is 0 Å². The maximum atomic E-state index is 6.23. The van der Waals surface area contributed by atoms with Gasteiger partial charge in [-0.3, -0.25) is 0 Å². The van der Waals surface area contributed by atoms with Crippen molar-refractivity contribution in [3.63, 3.8) is 0 Å². The maximum Gasteiger partial charge on any atom is 0.219 e. The van der Waals surface area contributed by atoms with Crippen LogP contribution in [-0.2, 0) is 0 Å². The Morgan fingerprint density at radius 2 is 2.00 bits per heavy atom. The van der Waals surface area contributed by atoms with Gasteiger partial charge in [0, 0.05) is 11.1 Å². The van der Waals surface area contributed by atoms with Gasteiger partial charge < -0.3 is 10.5 Å². The fourth-order valence-electron chi connectivity index (χ4n) is 1.79. The van der Waals surface area contributed by atoms with Crippen LogP contribution in [0.5, 0.6) is 11.6 Å². The maximum absolute atomic E-state index is 6.23. The van der Waals surface area contributed by atoms with Crippen LogP contribution in [0.25, 0.3) is 0 Å². The number of halogens is 1. The second-order valence-corrected chi connectivity index (χ2v) is 5.23. The van der Waals surface area contributed by atoms with Crippen molar-refractivity contribution in [2.24, 2.45) is 0 Å². The van der Waals surface area contributed by atoms with Gasteiger partial charge in [0.15, 0.2) is 0 Å². The van der Waals surface area contributed by atoms with Crippen LogP contribution in [0.2, 0.25) is 5.02 Å². The summed E-state index contributed by atoms with van der Waals surface area (Å²) in [5.74, 6) is 1.63. The number of hydrogen-bond acceptors (Lipinski definition) is 3. The molecule has 1 aromatic carbocycles. The summed E-state index contributed by atoms with van der Waals surface area (Å²) in [4.78, 5) is 4.13. The number of benzene rings is 1. The molecule has 2 rings (SSSR count). The summed E-state index contributed by atoms with van der Waals surface area (Å²) in [6.45, 7) is 6.16. The molecule has 0 saturated heterocycles. The average Bonchev–Trinajstić information content (AvgIpc) is 2.34. The number of aromatic nitrogens is 1. The van der Waals surface area contributed by atoms with Gasteiger partial charge >= 0.3 is 0 Å². The number of nitrogens with two attached hydrogens (primary N) is 1. The predicted molar refractivity (Wildman–Crippen MR) is 79.0 cm³/mol. The molecule has 1 heterocycles. The molecule has 2 N–H and O–H groups in total. The lowest BCUT2D eigenvalue weighted by Gasteiger charge is -2.14. The number of ether oxygens (including phenoxy) is 1. The van der Waals surface area contributed by atoms with E-state index in [0.717, 1.165) is 21.9 Å². The summed E-state index contributed by atoms with van der Waals surface area (Å²) in [5, 5.41) is 0.769. The highest BCUT2D eigenvalue weighted by molar-refractivity contribution is 6.31. The average molecular weight is 277 g/mol. The van der Waals surface area contributed by atoms with E-state index >= 15 is 0 Å². The first-order chi connectivity index (χ1) is 8.97. The van der Waals surface area contributed by atoms with Gasteiger partial charge in [0.05, 0.1) is 11.9 Å². The molecule has 0 spiro atoms. The number of anilines is 1. The quantitative estimate of drug-likeness (QED) is 0.895. The van der Waals surface area contributed by atoms with Crippen molar-refractivity contribution in [1.82, 2.24) is 4.98 Å². The van der Waals surface area contributed by atoms with Crippen LogP contribution in [0.4, 0.5) is 5.69 Å².